The Kier molecular flexibility index (Phi) is 7.01. The number of alkyl carbamates (subject to hydrolysis) is 1. The molecule has 0 aromatic rings. The van der Waals surface area contributed by atoms with Gasteiger partial charge in [0, 0.05) is 0 Å². The number of methoxy groups -OCH3 is 1. The van der Waals surface area contributed by atoms with Crippen LogP contribution >= 0.6 is 0 Å². The molecular formula is C20H34N2O7. The molecule has 9 nitrogen and oxygen atoms in total. The number of amides is 2. The number of carbonyl (C=O) groups is 3. The molecule has 0 unspecified atom stereocenters. The van der Waals surface area contributed by atoms with Crippen LogP contribution in [0.4, 0.5) is 9.59 Å². The molecule has 9 heteroatoms. The number of nitrogens with one attached hydrogen (secondary N) is 1. The number of nitrogens with zero attached hydrogens (tertiary/aromatic N) is 1. The molecule has 0 bridgehead atoms. The smallest absolute Gasteiger partial charge is 0.413 e. The summed E-state index contributed by atoms with van der Waals surface area (Å²) in [7, 11) is 1.19. The predicted octanol–water partition coefficient (Wildman–Crippen LogP) is 3.33. The van der Waals surface area contributed by atoms with E-state index in [4.69, 9.17) is 18.9 Å². The zero-order valence-electron chi connectivity index (χ0n) is 19.1. The third-order valence-electron chi connectivity index (χ3n) is 3.84. The van der Waals surface area contributed by atoms with Gasteiger partial charge in [0.05, 0.1) is 19.3 Å². The minimum atomic E-state index is -1.09. The lowest BCUT2D eigenvalue weighted by Gasteiger charge is -2.39. The molecule has 0 aromatic carbocycles. The summed E-state index contributed by atoms with van der Waals surface area (Å²) in [5, 5.41) is 2.40. The Labute approximate surface area is 172 Å². The molecular weight excluding hydrogens is 380 g/mol. The van der Waals surface area contributed by atoms with Crippen LogP contribution in [0.2, 0.25) is 0 Å². The summed E-state index contributed by atoms with van der Waals surface area (Å²) in [5.74, 6) is -0.786. The van der Waals surface area contributed by atoms with Crippen molar-refractivity contribution in [3.63, 3.8) is 0 Å². The Morgan fingerprint density at radius 1 is 1.00 bits per heavy atom. The number of ether oxygens (including phenoxy) is 4. The van der Waals surface area contributed by atoms with Crippen molar-refractivity contribution < 1.29 is 33.3 Å². The van der Waals surface area contributed by atoms with E-state index in [-0.39, 0.29) is 12.3 Å². The molecule has 1 N–H and O–H groups in total. The summed E-state index contributed by atoms with van der Waals surface area (Å²) in [4.78, 5) is 38.7. The number of esters is 1. The van der Waals surface area contributed by atoms with Crippen LogP contribution in [0.5, 0.6) is 0 Å². The van der Waals surface area contributed by atoms with Gasteiger partial charge in [-0.1, -0.05) is 0 Å². The Morgan fingerprint density at radius 2 is 1.52 bits per heavy atom. The average Bonchev–Trinajstić information content (AvgIpc) is 2.71. The maximum atomic E-state index is 12.9. The van der Waals surface area contributed by atoms with Crippen molar-refractivity contribution in [2.75, 3.05) is 13.7 Å². The van der Waals surface area contributed by atoms with E-state index in [1.807, 2.05) is 0 Å². The van der Waals surface area contributed by atoms with E-state index >= 15 is 0 Å². The molecule has 1 atom stereocenters. The summed E-state index contributed by atoms with van der Waals surface area (Å²) >= 11 is 0. The molecule has 0 spiro atoms. The number of hydrogen-bond acceptors (Lipinski definition) is 7. The van der Waals surface area contributed by atoms with Gasteiger partial charge in [0.1, 0.15) is 22.6 Å². The third-order valence-corrected chi connectivity index (χ3v) is 3.84. The van der Waals surface area contributed by atoms with E-state index in [9.17, 15) is 14.4 Å². The highest BCUT2D eigenvalue weighted by Crippen LogP contribution is 2.37. The van der Waals surface area contributed by atoms with E-state index in [0.29, 0.717) is 0 Å². The van der Waals surface area contributed by atoms with Crippen LogP contribution in [0, 0.1) is 0 Å². The molecule has 2 amide bonds. The number of rotatable bonds is 3. The standard InChI is InChI=1S/C20H34N2O7/c1-17(2,3)28-15(24)21-13(14(23)26-10)11-20(9)12-27-19(7,8)22(20)16(25)29-18(4,5)6/h11H,12H2,1-10H3,(H,21,24)/b13-11+/t20-/m0/s1. The minimum absolute atomic E-state index is 0.0791. The molecule has 29 heavy (non-hydrogen) atoms. The Hall–Kier alpha value is -2.29. The van der Waals surface area contributed by atoms with Crippen LogP contribution in [0.25, 0.3) is 0 Å². The first-order chi connectivity index (χ1) is 12.9. The van der Waals surface area contributed by atoms with Crippen LogP contribution in [-0.2, 0) is 23.7 Å². The van der Waals surface area contributed by atoms with Crippen LogP contribution in [0.3, 0.4) is 0 Å². The van der Waals surface area contributed by atoms with E-state index in [1.165, 1.54) is 18.1 Å². The molecule has 1 fully saturated rings. The van der Waals surface area contributed by atoms with Crippen molar-refractivity contribution >= 4 is 18.2 Å². The quantitative estimate of drug-likeness (QED) is 0.429. The fourth-order valence-electron chi connectivity index (χ4n) is 2.89. The first-order valence-electron chi connectivity index (χ1n) is 9.39. The molecule has 0 radical (unpaired) electrons. The molecule has 1 aliphatic heterocycles. The van der Waals surface area contributed by atoms with E-state index in [1.54, 1.807) is 62.3 Å². The number of hydrogen-bond donors (Lipinski definition) is 1. The summed E-state index contributed by atoms with van der Waals surface area (Å²) < 4.78 is 21.3. The number of carbonyl (C=O) groups excluding carboxylic acids is 3. The van der Waals surface area contributed by atoms with Gasteiger partial charge in [-0.25, -0.2) is 14.4 Å². The van der Waals surface area contributed by atoms with Crippen LogP contribution in [-0.4, -0.2) is 59.2 Å². The van der Waals surface area contributed by atoms with Gasteiger partial charge in [0.15, 0.2) is 0 Å². The molecule has 0 aliphatic carbocycles. The first kappa shape index (κ1) is 24.7. The van der Waals surface area contributed by atoms with Gasteiger partial charge in [-0.15, -0.1) is 0 Å². The summed E-state index contributed by atoms with van der Waals surface area (Å²) in [6.45, 7) is 15.6. The Balaban J connectivity index is 3.30. The van der Waals surface area contributed by atoms with Gasteiger partial charge < -0.3 is 18.9 Å². The van der Waals surface area contributed by atoms with Crippen LogP contribution < -0.4 is 5.32 Å². The second kappa shape index (κ2) is 8.22. The zero-order valence-corrected chi connectivity index (χ0v) is 19.1. The van der Waals surface area contributed by atoms with Crippen molar-refractivity contribution in [2.24, 2.45) is 0 Å². The van der Waals surface area contributed by atoms with Crippen LogP contribution in [0.15, 0.2) is 11.8 Å². The fraction of sp³-hybridized carbons (Fsp3) is 0.750. The lowest BCUT2D eigenvalue weighted by Crippen LogP contribution is -2.55. The normalized spacial score (nSPS) is 22.1. The molecule has 166 valence electrons. The minimum Gasteiger partial charge on any atom is -0.464 e. The molecule has 0 saturated carbocycles. The maximum absolute atomic E-state index is 12.9. The van der Waals surface area contributed by atoms with Gasteiger partial charge in [-0.2, -0.15) is 0 Å². The molecule has 1 aliphatic rings. The lowest BCUT2D eigenvalue weighted by atomic mass is 9.99. The highest BCUT2D eigenvalue weighted by atomic mass is 16.6. The largest absolute Gasteiger partial charge is 0.464 e. The molecule has 1 heterocycles. The van der Waals surface area contributed by atoms with Crippen LogP contribution in [0.1, 0.15) is 62.3 Å². The first-order valence-corrected chi connectivity index (χ1v) is 9.39. The molecule has 0 aromatic heterocycles. The van der Waals surface area contributed by atoms with Crippen molar-refractivity contribution in [3.05, 3.63) is 11.8 Å². The van der Waals surface area contributed by atoms with Crippen molar-refractivity contribution in [2.45, 2.75) is 84.8 Å². The highest BCUT2D eigenvalue weighted by Gasteiger charge is 2.52. The summed E-state index contributed by atoms with van der Waals surface area (Å²) in [6, 6.07) is 0. The SMILES string of the molecule is COC(=O)/C(=C\[C@@]1(C)COC(C)(C)N1C(=O)OC(C)(C)C)NC(=O)OC(C)(C)C. The van der Waals surface area contributed by atoms with E-state index in [2.05, 4.69) is 5.32 Å². The highest BCUT2D eigenvalue weighted by molar-refractivity contribution is 5.92. The Bertz CT molecular complexity index is 686. The predicted molar refractivity (Wildman–Crippen MR) is 106 cm³/mol. The second-order valence-corrected chi connectivity index (χ2v) is 9.58. The van der Waals surface area contributed by atoms with E-state index in [0.717, 1.165) is 0 Å². The molecule has 1 rings (SSSR count). The maximum Gasteiger partial charge on any atom is 0.413 e. The monoisotopic (exact) mass is 414 g/mol. The van der Waals surface area contributed by atoms with Gasteiger partial charge in [-0.3, -0.25) is 10.2 Å². The zero-order chi connectivity index (χ0) is 22.8. The van der Waals surface area contributed by atoms with Crippen molar-refractivity contribution in [3.8, 4) is 0 Å². The van der Waals surface area contributed by atoms with Gasteiger partial charge in [0.2, 0.25) is 0 Å². The Morgan fingerprint density at radius 3 is 1.97 bits per heavy atom. The second-order valence-electron chi connectivity index (χ2n) is 9.58. The molecule has 1 saturated heterocycles. The summed E-state index contributed by atoms with van der Waals surface area (Å²) in [5.41, 5.74) is -3.74. The van der Waals surface area contributed by atoms with Crippen molar-refractivity contribution in [1.29, 1.82) is 0 Å². The lowest BCUT2D eigenvalue weighted by molar-refractivity contribution is -0.136. The average molecular weight is 414 g/mol. The third kappa shape index (κ3) is 6.92. The fourth-order valence-corrected chi connectivity index (χ4v) is 2.89. The van der Waals surface area contributed by atoms with Crippen molar-refractivity contribution in [1.82, 2.24) is 10.2 Å². The van der Waals surface area contributed by atoms with Gasteiger partial charge >= 0.3 is 18.2 Å². The van der Waals surface area contributed by atoms with Gasteiger partial charge in [0.25, 0.3) is 0 Å². The summed E-state index contributed by atoms with van der Waals surface area (Å²) in [6.07, 6.45) is -0.0125. The van der Waals surface area contributed by atoms with Gasteiger partial charge in [-0.05, 0) is 68.4 Å². The van der Waals surface area contributed by atoms with E-state index < -0.39 is 40.6 Å². The topological polar surface area (TPSA) is 103 Å².